The Labute approximate surface area is 120 Å². The van der Waals surface area contributed by atoms with Crippen LogP contribution in [0.2, 0.25) is 0 Å². The van der Waals surface area contributed by atoms with E-state index >= 15 is 0 Å². The molecule has 1 aliphatic carbocycles. The van der Waals surface area contributed by atoms with Crippen molar-refractivity contribution in [3.05, 3.63) is 88.0 Å². The van der Waals surface area contributed by atoms with Gasteiger partial charge in [-0.2, -0.15) is 0 Å². The van der Waals surface area contributed by atoms with Gasteiger partial charge in [0.25, 0.3) is 5.56 Å². The molecule has 0 fully saturated rings. The van der Waals surface area contributed by atoms with E-state index in [1.54, 1.807) is 0 Å². The maximum absolute atomic E-state index is 11.6. The molecule has 2 aromatic carbocycles. The summed E-state index contributed by atoms with van der Waals surface area (Å²) in [6.45, 7) is 0. The Kier molecular flexibility index (Phi) is 2.37. The van der Waals surface area contributed by atoms with Gasteiger partial charge in [0.05, 0.1) is 11.9 Å². The molecular weight excluding hydrogens is 264 g/mol. The molecule has 4 heteroatoms. The number of benzene rings is 2. The lowest BCUT2D eigenvalue weighted by atomic mass is 9.87. The maximum Gasteiger partial charge on any atom is 0.266 e. The van der Waals surface area contributed by atoms with Gasteiger partial charge in [-0.15, -0.1) is 0 Å². The minimum absolute atomic E-state index is 0.277. The van der Waals surface area contributed by atoms with Gasteiger partial charge in [0.15, 0.2) is 5.60 Å². The molecule has 1 atom stereocenters. The van der Waals surface area contributed by atoms with Crippen molar-refractivity contribution in [2.45, 2.75) is 5.60 Å². The lowest BCUT2D eigenvalue weighted by molar-refractivity contribution is 0.126. The van der Waals surface area contributed by atoms with Crippen molar-refractivity contribution >= 4 is 0 Å². The predicted octanol–water partition coefficient (Wildman–Crippen LogP) is 2.03. The van der Waals surface area contributed by atoms with E-state index in [9.17, 15) is 9.90 Å². The molecule has 0 radical (unpaired) electrons. The summed E-state index contributed by atoms with van der Waals surface area (Å²) >= 11 is 0. The summed E-state index contributed by atoms with van der Waals surface area (Å²) in [5.74, 6) is 0. The fraction of sp³-hybridized carbons (Fsp3) is 0.0588. The van der Waals surface area contributed by atoms with Crippen LogP contribution in [0.15, 0.2) is 65.6 Å². The minimum atomic E-state index is -1.34. The molecule has 21 heavy (non-hydrogen) atoms. The summed E-state index contributed by atoms with van der Waals surface area (Å²) in [5, 5.41) is 11.4. The lowest BCUT2D eigenvalue weighted by Crippen LogP contribution is -2.28. The number of hydrogen-bond donors (Lipinski definition) is 2. The van der Waals surface area contributed by atoms with Gasteiger partial charge in [-0.1, -0.05) is 54.6 Å². The number of nitrogens with one attached hydrogen (secondary N) is 1. The maximum atomic E-state index is 11.6. The van der Waals surface area contributed by atoms with Gasteiger partial charge in [-0.05, 0) is 5.56 Å². The molecule has 102 valence electrons. The third-order valence-corrected chi connectivity index (χ3v) is 3.92. The van der Waals surface area contributed by atoms with Crippen LogP contribution in [-0.4, -0.2) is 15.1 Å². The molecule has 0 amide bonds. The number of H-pyrrole nitrogens is 1. The van der Waals surface area contributed by atoms with Gasteiger partial charge in [-0.3, -0.25) is 4.79 Å². The van der Waals surface area contributed by atoms with Crippen molar-refractivity contribution in [2.75, 3.05) is 0 Å². The van der Waals surface area contributed by atoms with Gasteiger partial charge in [0.2, 0.25) is 0 Å². The Bertz CT molecular complexity index is 887. The van der Waals surface area contributed by atoms with Crippen LogP contribution in [0.4, 0.5) is 0 Å². The number of aromatic amines is 1. The highest BCUT2D eigenvalue weighted by atomic mass is 16.3. The third-order valence-electron chi connectivity index (χ3n) is 3.92. The summed E-state index contributed by atoms with van der Waals surface area (Å²) in [6, 6.07) is 16.9. The monoisotopic (exact) mass is 276 g/mol. The van der Waals surface area contributed by atoms with Crippen LogP contribution < -0.4 is 5.56 Å². The van der Waals surface area contributed by atoms with Gasteiger partial charge in [0, 0.05) is 11.1 Å². The number of aromatic nitrogens is 2. The van der Waals surface area contributed by atoms with Crippen molar-refractivity contribution < 1.29 is 5.11 Å². The van der Waals surface area contributed by atoms with Gasteiger partial charge >= 0.3 is 0 Å². The first-order valence-electron chi connectivity index (χ1n) is 6.69. The quantitative estimate of drug-likeness (QED) is 0.714. The molecule has 0 bridgehead atoms. The molecule has 4 nitrogen and oxygen atoms in total. The Balaban J connectivity index is 2.12. The van der Waals surface area contributed by atoms with E-state index in [1.807, 2.05) is 54.6 Å². The van der Waals surface area contributed by atoms with Gasteiger partial charge in [-0.25, -0.2) is 4.98 Å². The molecule has 1 aliphatic rings. The molecule has 0 saturated heterocycles. The zero-order chi connectivity index (χ0) is 14.4. The topological polar surface area (TPSA) is 66.0 Å². The van der Waals surface area contributed by atoms with E-state index in [-0.39, 0.29) is 5.56 Å². The number of nitrogens with zero attached hydrogens (tertiary/aromatic N) is 1. The molecule has 1 heterocycles. The number of hydrogen-bond acceptors (Lipinski definition) is 3. The summed E-state index contributed by atoms with van der Waals surface area (Å²) in [6.07, 6.45) is 1.21. The minimum Gasteiger partial charge on any atom is -0.374 e. The molecule has 1 unspecified atom stereocenters. The number of rotatable bonds is 1. The first-order valence-corrected chi connectivity index (χ1v) is 6.69. The SMILES string of the molecule is O=c1cnc2c([nH]1)-c1ccccc1C2(O)c1ccccc1. The van der Waals surface area contributed by atoms with E-state index in [4.69, 9.17) is 0 Å². The lowest BCUT2D eigenvalue weighted by Gasteiger charge is -2.24. The highest BCUT2D eigenvalue weighted by molar-refractivity contribution is 5.77. The standard InChI is InChI=1S/C17H12N2O2/c20-14-10-18-16-15(19-14)12-8-4-5-9-13(12)17(16,21)11-6-2-1-3-7-11/h1-10,21H,(H,19,20). The van der Waals surface area contributed by atoms with Crippen molar-refractivity contribution in [1.29, 1.82) is 0 Å². The molecule has 0 saturated carbocycles. The molecule has 3 aromatic rings. The van der Waals surface area contributed by atoms with Crippen LogP contribution in [0, 0.1) is 0 Å². The van der Waals surface area contributed by atoms with Crippen molar-refractivity contribution in [3.8, 4) is 11.3 Å². The van der Waals surface area contributed by atoms with E-state index in [2.05, 4.69) is 9.97 Å². The van der Waals surface area contributed by atoms with Crippen LogP contribution in [0.25, 0.3) is 11.3 Å². The first-order chi connectivity index (χ1) is 10.2. The predicted molar refractivity (Wildman–Crippen MR) is 78.8 cm³/mol. The van der Waals surface area contributed by atoms with Crippen LogP contribution in [0.5, 0.6) is 0 Å². The number of fused-ring (bicyclic) bond motifs is 3. The van der Waals surface area contributed by atoms with E-state index < -0.39 is 5.60 Å². The van der Waals surface area contributed by atoms with E-state index in [0.29, 0.717) is 11.4 Å². The van der Waals surface area contributed by atoms with Crippen molar-refractivity contribution in [2.24, 2.45) is 0 Å². The van der Waals surface area contributed by atoms with Crippen LogP contribution in [-0.2, 0) is 5.60 Å². The van der Waals surface area contributed by atoms with Gasteiger partial charge < -0.3 is 10.1 Å². The average Bonchev–Trinajstić information content (AvgIpc) is 2.79. The molecule has 4 rings (SSSR count). The van der Waals surface area contributed by atoms with Crippen LogP contribution in [0.1, 0.15) is 16.8 Å². The molecule has 2 N–H and O–H groups in total. The molecular formula is C17H12N2O2. The summed E-state index contributed by atoms with van der Waals surface area (Å²) in [7, 11) is 0. The molecule has 0 aliphatic heterocycles. The largest absolute Gasteiger partial charge is 0.374 e. The highest BCUT2D eigenvalue weighted by Crippen LogP contribution is 2.48. The Morgan fingerprint density at radius 2 is 1.71 bits per heavy atom. The smallest absolute Gasteiger partial charge is 0.266 e. The first kappa shape index (κ1) is 12.1. The summed E-state index contributed by atoms with van der Waals surface area (Å²) in [4.78, 5) is 18.6. The fourth-order valence-electron chi connectivity index (χ4n) is 2.99. The highest BCUT2D eigenvalue weighted by Gasteiger charge is 2.45. The van der Waals surface area contributed by atoms with Gasteiger partial charge in [0.1, 0.15) is 5.69 Å². The second-order valence-corrected chi connectivity index (χ2v) is 5.09. The molecule has 1 aromatic heterocycles. The van der Waals surface area contributed by atoms with E-state index in [1.165, 1.54) is 6.20 Å². The fourth-order valence-corrected chi connectivity index (χ4v) is 2.99. The Hall–Kier alpha value is -2.72. The zero-order valence-corrected chi connectivity index (χ0v) is 11.1. The summed E-state index contributed by atoms with van der Waals surface area (Å²) < 4.78 is 0. The molecule has 0 spiro atoms. The van der Waals surface area contributed by atoms with Crippen LogP contribution >= 0.6 is 0 Å². The third kappa shape index (κ3) is 1.53. The summed E-state index contributed by atoms with van der Waals surface area (Å²) in [5.41, 5.74) is 1.72. The zero-order valence-electron chi connectivity index (χ0n) is 11.1. The average molecular weight is 276 g/mol. The normalized spacial score (nSPS) is 19.1. The van der Waals surface area contributed by atoms with Crippen LogP contribution in [0.3, 0.4) is 0 Å². The van der Waals surface area contributed by atoms with E-state index in [0.717, 1.165) is 16.7 Å². The Morgan fingerprint density at radius 1 is 1.00 bits per heavy atom. The van der Waals surface area contributed by atoms with Crippen molar-refractivity contribution in [1.82, 2.24) is 9.97 Å². The van der Waals surface area contributed by atoms with Crippen molar-refractivity contribution in [3.63, 3.8) is 0 Å². The Morgan fingerprint density at radius 3 is 2.52 bits per heavy atom. The second-order valence-electron chi connectivity index (χ2n) is 5.09. The second kappa shape index (κ2) is 4.14. The number of aliphatic hydroxyl groups is 1.